The number of hydrogen-bond acceptors (Lipinski definition) is 1. The Morgan fingerprint density at radius 3 is 2.54 bits per heavy atom. The van der Waals surface area contributed by atoms with Crippen LogP contribution in [-0.4, -0.2) is 11.1 Å². The zero-order chi connectivity index (χ0) is 10.1. The molecule has 0 atom stereocenters. The van der Waals surface area contributed by atoms with Crippen LogP contribution in [0.25, 0.3) is 0 Å². The SMILES string of the molecule is CCC\C=C/C=C/C=C(\C)C(=O)O. The minimum atomic E-state index is -0.873. The van der Waals surface area contributed by atoms with Gasteiger partial charge in [-0.1, -0.05) is 43.7 Å². The van der Waals surface area contributed by atoms with Crippen LogP contribution < -0.4 is 0 Å². The molecule has 13 heavy (non-hydrogen) atoms. The van der Waals surface area contributed by atoms with Gasteiger partial charge in [0.1, 0.15) is 0 Å². The predicted octanol–water partition coefficient (Wildman–Crippen LogP) is 2.93. The lowest BCUT2D eigenvalue weighted by Gasteiger charge is -1.86. The van der Waals surface area contributed by atoms with E-state index in [1.54, 1.807) is 19.1 Å². The molecule has 0 spiro atoms. The van der Waals surface area contributed by atoms with Gasteiger partial charge < -0.3 is 5.11 Å². The summed E-state index contributed by atoms with van der Waals surface area (Å²) in [6, 6.07) is 0. The second kappa shape index (κ2) is 7.35. The minimum absolute atomic E-state index is 0.347. The summed E-state index contributed by atoms with van der Waals surface area (Å²) in [6.07, 6.45) is 11.3. The summed E-state index contributed by atoms with van der Waals surface area (Å²) in [4.78, 5) is 10.3. The molecule has 0 amide bonds. The van der Waals surface area contributed by atoms with E-state index in [0.717, 1.165) is 12.8 Å². The van der Waals surface area contributed by atoms with Gasteiger partial charge in [0, 0.05) is 5.57 Å². The van der Waals surface area contributed by atoms with Crippen LogP contribution in [0, 0.1) is 0 Å². The fraction of sp³-hybridized carbons (Fsp3) is 0.364. The molecule has 0 aliphatic rings. The van der Waals surface area contributed by atoms with E-state index in [9.17, 15) is 4.79 Å². The Kier molecular flexibility index (Phi) is 6.60. The molecule has 2 nitrogen and oxygen atoms in total. The van der Waals surface area contributed by atoms with Crippen molar-refractivity contribution < 1.29 is 9.90 Å². The Hall–Kier alpha value is -1.31. The van der Waals surface area contributed by atoms with Gasteiger partial charge in [-0.05, 0) is 13.3 Å². The lowest BCUT2D eigenvalue weighted by Crippen LogP contribution is -1.94. The molecule has 0 aliphatic carbocycles. The average Bonchev–Trinajstić information content (AvgIpc) is 2.10. The van der Waals surface area contributed by atoms with Crippen LogP contribution in [0.1, 0.15) is 26.7 Å². The average molecular weight is 180 g/mol. The van der Waals surface area contributed by atoms with Crippen LogP contribution in [0.5, 0.6) is 0 Å². The summed E-state index contributed by atoms with van der Waals surface area (Å²) in [6.45, 7) is 3.69. The summed E-state index contributed by atoms with van der Waals surface area (Å²) < 4.78 is 0. The first-order valence-electron chi connectivity index (χ1n) is 4.42. The van der Waals surface area contributed by atoms with Crippen LogP contribution in [0.15, 0.2) is 36.0 Å². The van der Waals surface area contributed by atoms with E-state index >= 15 is 0 Å². The molecule has 0 rings (SSSR count). The van der Waals surface area contributed by atoms with Crippen molar-refractivity contribution in [1.29, 1.82) is 0 Å². The van der Waals surface area contributed by atoms with Gasteiger partial charge >= 0.3 is 5.97 Å². The number of carbonyl (C=O) groups is 1. The molecular formula is C11H16O2. The number of carboxylic acid groups (broad SMARTS) is 1. The van der Waals surface area contributed by atoms with E-state index in [0.29, 0.717) is 5.57 Å². The first-order valence-corrected chi connectivity index (χ1v) is 4.42. The third-order valence-electron chi connectivity index (χ3n) is 1.50. The summed E-state index contributed by atoms with van der Waals surface area (Å²) in [7, 11) is 0. The molecular weight excluding hydrogens is 164 g/mol. The molecule has 1 N–H and O–H groups in total. The van der Waals surface area contributed by atoms with Crippen molar-refractivity contribution in [2.75, 3.05) is 0 Å². The van der Waals surface area contributed by atoms with Crippen LogP contribution in [0.4, 0.5) is 0 Å². The second-order valence-electron chi connectivity index (χ2n) is 2.76. The predicted molar refractivity (Wildman–Crippen MR) is 54.6 cm³/mol. The van der Waals surface area contributed by atoms with Crippen LogP contribution >= 0.6 is 0 Å². The van der Waals surface area contributed by atoms with E-state index in [2.05, 4.69) is 13.0 Å². The van der Waals surface area contributed by atoms with Crippen molar-refractivity contribution in [1.82, 2.24) is 0 Å². The van der Waals surface area contributed by atoms with Gasteiger partial charge in [0.25, 0.3) is 0 Å². The van der Waals surface area contributed by atoms with Crippen LogP contribution in [0.2, 0.25) is 0 Å². The first kappa shape index (κ1) is 11.7. The van der Waals surface area contributed by atoms with Gasteiger partial charge in [0.2, 0.25) is 0 Å². The molecule has 0 saturated carbocycles. The van der Waals surface area contributed by atoms with Crippen molar-refractivity contribution >= 4 is 5.97 Å². The smallest absolute Gasteiger partial charge is 0.331 e. The molecule has 72 valence electrons. The van der Waals surface area contributed by atoms with E-state index < -0.39 is 5.97 Å². The minimum Gasteiger partial charge on any atom is -0.478 e. The molecule has 0 aromatic rings. The van der Waals surface area contributed by atoms with Crippen molar-refractivity contribution in [2.24, 2.45) is 0 Å². The van der Waals surface area contributed by atoms with Gasteiger partial charge in [-0.2, -0.15) is 0 Å². The molecule has 0 bridgehead atoms. The standard InChI is InChI=1S/C11H16O2/c1-3-4-5-6-7-8-9-10(2)11(12)13/h5-9H,3-4H2,1-2H3,(H,12,13)/b6-5-,8-7+,10-9+. The monoisotopic (exact) mass is 180 g/mol. The molecule has 0 fully saturated rings. The van der Waals surface area contributed by atoms with Gasteiger partial charge in [-0.15, -0.1) is 0 Å². The Morgan fingerprint density at radius 1 is 1.31 bits per heavy atom. The lowest BCUT2D eigenvalue weighted by molar-refractivity contribution is -0.132. The Bertz CT molecular complexity index is 234. The number of allylic oxidation sites excluding steroid dienone is 5. The third kappa shape index (κ3) is 7.06. The molecule has 0 aromatic carbocycles. The molecule has 0 unspecified atom stereocenters. The Balaban J connectivity index is 3.87. The second-order valence-corrected chi connectivity index (χ2v) is 2.76. The normalized spacial score (nSPS) is 12.9. The number of hydrogen-bond donors (Lipinski definition) is 1. The number of aliphatic carboxylic acids is 1. The lowest BCUT2D eigenvalue weighted by atomic mass is 10.2. The number of carboxylic acids is 1. The first-order chi connectivity index (χ1) is 6.18. The topological polar surface area (TPSA) is 37.3 Å². The van der Waals surface area contributed by atoms with E-state index in [4.69, 9.17) is 5.11 Å². The van der Waals surface area contributed by atoms with E-state index in [1.807, 2.05) is 12.2 Å². The van der Waals surface area contributed by atoms with Crippen molar-refractivity contribution in [3.05, 3.63) is 36.0 Å². The molecule has 2 heteroatoms. The van der Waals surface area contributed by atoms with Crippen molar-refractivity contribution in [3.8, 4) is 0 Å². The summed E-state index contributed by atoms with van der Waals surface area (Å²) in [5, 5.41) is 8.50. The summed E-state index contributed by atoms with van der Waals surface area (Å²) in [5.41, 5.74) is 0.347. The quantitative estimate of drug-likeness (QED) is 0.521. The number of rotatable bonds is 5. The highest BCUT2D eigenvalue weighted by molar-refractivity contribution is 5.86. The summed E-state index contributed by atoms with van der Waals surface area (Å²) in [5.74, 6) is -0.873. The van der Waals surface area contributed by atoms with Gasteiger partial charge in [-0.25, -0.2) is 4.79 Å². The third-order valence-corrected chi connectivity index (χ3v) is 1.50. The molecule has 0 aromatic heterocycles. The molecule has 0 radical (unpaired) electrons. The van der Waals surface area contributed by atoms with E-state index in [1.165, 1.54) is 0 Å². The fourth-order valence-electron chi connectivity index (χ4n) is 0.677. The highest BCUT2D eigenvalue weighted by Crippen LogP contribution is 1.93. The van der Waals surface area contributed by atoms with Crippen molar-refractivity contribution in [2.45, 2.75) is 26.7 Å². The fourth-order valence-corrected chi connectivity index (χ4v) is 0.677. The van der Waals surface area contributed by atoms with E-state index in [-0.39, 0.29) is 0 Å². The number of unbranched alkanes of at least 4 members (excludes halogenated alkanes) is 1. The van der Waals surface area contributed by atoms with Gasteiger partial charge in [0.15, 0.2) is 0 Å². The van der Waals surface area contributed by atoms with Crippen LogP contribution in [-0.2, 0) is 4.79 Å². The van der Waals surface area contributed by atoms with Crippen LogP contribution in [0.3, 0.4) is 0 Å². The zero-order valence-electron chi connectivity index (χ0n) is 8.16. The maximum absolute atomic E-state index is 10.3. The van der Waals surface area contributed by atoms with Gasteiger partial charge in [0.05, 0.1) is 0 Å². The van der Waals surface area contributed by atoms with Crippen molar-refractivity contribution in [3.63, 3.8) is 0 Å². The maximum Gasteiger partial charge on any atom is 0.331 e. The highest BCUT2D eigenvalue weighted by Gasteiger charge is 1.94. The van der Waals surface area contributed by atoms with Gasteiger partial charge in [-0.3, -0.25) is 0 Å². The molecule has 0 heterocycles. The highest BCUT2D eigenvalue weighted by atomic mass is 16.4. The zero-order valence-corrected chi connectivity index (χ0v) is 8.16. The molecule has 0 saturated heterocycles. The Morgan fingerprint density at radius 2 is 2.00 bits per heavy atom. The summed E-state index contributed by atoms with van der Waals surface area (Å²) >= 11 is 0. The molecule has 0 aliphatic heterocycles. The largest absolute Gasteiger partial charge is 0.478 e. The Labute approximate surface area is 79.3 Å². The maximum atomic E-state index is 10.3.